The van der Waals surface area contributed by atoms with Crippen LogP contribution in [-0.4, -0.2) is 24.6 Å². The number of carbonyl (C=O) groups is 2. The second-order valence-electron chi connectivity index (χ2n) is 3.85. The predicted octanol–water partition coefficient (Wildman–Crippen LogP) is 2.08. The molecule has 0 aromatic heterocycles. The molecule has 0 saturated carbocycles. The van der Waals surface area contributed by atoms with Crippen LogP contribution in [0.2, 0.25) is 0 Å². The highest BCUT2D eigenvalue weighted by molar-refractivity contribution is 6.41. The van der Waals surface area contributed by atoms with Gasteiger partial charge in [0.15, 0.2) is 5.78 Å². The fourth-order valence-electron chi connectivity index (χ4n) is 1.84. The number of rotatable bonds is 2. The molecule has 0 atom stereocenters. The number of nitrogens with zero attached hydrogens (tertiary/aromatic N) is 1. The molecule has 0 aliphatic carbocycles. The number of hydrogen-bond acceptors (Lipinski definition) is 4. The quantitative estimate of drug-likeness (QED) is 0.732. The van der Waals surface area contributed by atoms with E-state index in [1.807, 2.05) is 6.92 Å². The summed E-state index contributed by atoms with van der Waals surface area (Å²) in [5, 5.41) is 0. The third kappa shape index (κ3) is 2.11. The van der Waals surface area contributed by atoms with Crippen LogP contribution in [0.5, 0.6) is 0 Å². The maximum atomic E-state index is 11.7. The molecule has 0 N–H and O–H groups in total. The third-order valence-electron chi connectivity index (χ3n) is 2.76. The highest BCUT2D eigenvalue weighted by Gasteiger charge is 2.20. The maximum absolute atomic E-state index is 11.7. The van der Waals surface area contributed by atoms with Crippen molar-refractivity contribution in [1.29, 1.82) is 0 Å². The van der Waals surface area contributed by atoms with Crippen molar-refractivity contribution in [3.63, 3.8) is 0 Å². The molecular formula is C13H13NO3. The van der Waals surface area contributed by atoms with Gasteiger partial charge in [-0.25, -0.2) is 9.79 Å². The number of methoxy groups -OCH3 is 1. The van der Waals surface area contributed by atoms with Crippen LogP contribution in [0, 0.1) is 0 Å². The van der Waals surface area contributed by atoms with Gasteiger partial charge in [-0.15, -0.1) is 0 Å². The number of esters is 1. The number of benzene rings is 1. The van der Waals surface area contributed by atoms with E-state index < -0.39 is 5.97 Å². The van der Waals surface area contributed by atoms with E-state index in [2.05, 4.69) is 9.73 Å². The Labute approximate surface area is 99.3 Å². The highest BCUT2D eigenvalue weighted by Crippen LogP contribution is 2.26. The summed E-state index contributed by atoms with van der Waals surface area (Å²) in [5.74, 6) is -0.368. The Balaban J connectivity index is 2.43. The van der Waals surface area contributed by atoms with Gasteiger partial charge >= 0.3 is 5.97 Å². The van der Waals surface area contributed by atoms with Crippen LogP contribution in [0.1, 0.15) is 29.3 Å². The van der Waals surface area contributed by atoms with Gasteiger partial charge in [-0.3, -0.25) is 4.79 Å². The molecular weight excluding hydrogens is 218 g/mol. The summed E-state index contributed by atoms with van der Waals surface area (Å²) in [5.41, 5.74) is 2.61. The van der Waals surface area contributed by atoms with E-state index in [9.17, 15) is 9.59 Å². The lowest BCUT2D eigenvalue weighted by Crippen LogP contribution is -2.19. The van der Waals surface area contributed by atoms with Crippen molar-refractivity contribution < 1.29 is 14.3 Å². The SMILES string of the molecule is CCC1=Nc2ccc(C(=O)OC)cc2CC1=O. The number of ether oxygens (including phenoxy) is 1. The van der Waals surface area contributed by atoms with Crippen LogP contribution in [0.4, 0.5) is 5.69 Å². The molecule has 0 bridgehead atoms. The Kier molecular flexibility index (Phi) is 3.04. The number of aliphatic imine (C=N–C) groups is 1. The minimum Gasteiger partial charge on any atom is -0.465 e. The minimum absolute atomic E-state index is 0.0296. The van der Waals surface area contributed by atoms with Crippen LogP contribution in [0.15, 0.2) is 23.2 Å². The molecule has 0 radical (unpaired) electrons. The lowest BCUT2D eigenvalue weighted by Gasteiger charge is -2.14. The van der Waals surface area contributed by atoms with Gasteiger partial charge in [-0.1, -0.05) is 6.92 Å². The summed E-state index contributed by atoms with van der Waals surface area (Å²) in [7, 11) is 1.33. The third-order valence-corrected chi connectivity index (χ3v) is 2.76. The summed E-state index contributed by atoms with van der Waals surface area (Å²) < 4.78 is 4.64. The summed E-state index contributed by atoms with van der Waals surface area (Å²) >= 11 is 0. The first-order valence-electron chi connectivity index (χ1n) is 5.47. The summed E-state index contributed by atoms with van der Waals surface area (Å²) in [6.45, 7) is 1.91. The molecule has 1 aliphatic heterocycles. The van der Waals surface area contributed by atoms with Crippen molar-refractivity contribution in [2.45, 2.75) is 19.8 Å². The highest BCUT2D eigenvalue weighted by atomic mass is 16.5. The Hall–Kier alpha value is -1.97. The largest absolute Gasteiger partial charge is 0.465 e. The van der Waals surface area contributed by atoms with E-state index in [0.717, 1.165) is 11.3 Å². The van der Waals surface area contributed by atoms with Gasteiger partial charge in [0.25, 0.3) is 0 Å². The molecule has 0 fully saturated rings. The van der Waals surface area contributed by atoms with Gasteiger partial charge in [-0.05, 0) is 30.2 Å². The molecule has 4 nitrogen and oxygen atoms in total. The Morgan fingerprint density at radius 3 is 2.88 bits per heavy atom. The van der Waals surface area contributed by atoms with Crippen LogP contribution in [0.25, 0.3) is 0 Å². The molecule has 1 aromatic carbocycles. The molecule has 4 heteroatoms. The molecule has 0 spiro atoms. The first-order chi connectivity index (χ1) is 8.15. The molecule has 1 aliphatic rings. The minimum atomic E-state index is -0.398. The van der Waals surface area contributed by atoms with Crippen molar-refractivity contribution >= 4 is 23.2 Å². The fourth-order valence-corrected chi connectivity index (χ4v) is 1.84. The van der Waals surface area contributed by atoms with Crippen molar-refractivity contribution in [1.82, 2.24) is 0 Å². The zero-order valence-corrected chi connectivity index (χ0v) is 9.82. The smallest absolute Gasteiger partial charge is 0.337 e. The molecule has 0 saturated heterocycles. The maximum Gasteiger partial charge on any atom is 0.337 e. The Morgan fingerprint density at radius 1 is 1.47 bits per heavy atom. The van der Waals surface area contributed by atoms with E-state index >= 15 is 0 Å². The lowest BCUT2D eigenvalue weighted by molar-refractivity contribution is -0.112. The van der Waals surface area contributed by atoms with Crippen molar-refractivity contribution in [3.8, 4) is 0 Å². The standard InChI is InChI=1S/C13H13NO3/c1-3-10-12(15)7-9-6-8(13(16)17-2)4-5-11(9)14-10/h4-6H,3,7H2,1-2H3. The monoisotopic (exact) mass is 231 g/mol. The average Bonchev–Trinajstić information content (AvgIpc) is 2.36. The van der Waals surface area contributed by atoms with Gasteiger partial charge in [0.2, 0.25) is 0 Å². The summed E-state index contributed by atoms with van der Waals surface area (Å²) in [4.78, 5) is 27.3. The lowest BCUT2D eigenvalue weighted by atomic mass is 9.97. The fraction of sp³-hybridized carbons (Fsp3) is 0.308. The number of carbonyl (C=O) groups excluding carboxylic acids is 2. The van der Waals surface area contributed by atoms with Crippen LogP contribution < -0.4 is 0 Å². The summed E-state index contributed by atoms with van der Waals surface area (Å²) in [6, 6.07) is 5.09. The number of ketones is 1. The van der Waals surface area contributed by atoms with Gasteiger partial charge in [0.05, 0.1) is 24.1 Å². The molecule has 1 heterocycles. The molecule has 17 heavy (non-hydrogen) atoms. The molecule has 1 aromatic rings. The van der Waals surface area contributed by atoms with E-state index in [1.165, 1.54) is 7.11 Å². The van der Waals surface area contributed by atoms with E-state index in [0.29, 0.717) is 24.1 Å². The molecule has 0 amide bonds. The first-order valence-corrected chi connectivity index (χ1v) is 5.47. The molecule has 2 rings (SSSR count). The van der Waals surface area contributed by atoms with E-state index in [4.69, 9.17) is 0 Å². The van der Waals surface area contributed by atoms with Gasteiger partial charge in [0.1, 0.15) is 0 Å². The second-order valence-corrected chi connectivity index (χ2v) is 3.85. The zero-order chi connectivity index (χ0) is 12.4. The van der Waals surface area contributed by atoms with Gasteiger partial charge in [0, 0.05) is 6.42 Å². The number of Topliss-reactive ketones (excluding diaryl/α,β-unsaturated/α-hetero) is 1. The topological polar surface area (TPSA) is 55.7 Å². The normalized spacial score (nSPS) is 14.0. The Morgan fingerprint density at radius 2 is 2.24 bits per heavy atom. The predicted molar refractivity (Wildman–Crippen MR) is 63.9 cm³/mol. The van der Waals surface area contributed by atoms with Crippen LogP contribution in [-0.2, 0) is 16.0 Å². The zero-order valence-electron chi connectivity index (χ0n) is 9.82. The van der Waals surface area contributed by atoms with Crippen molar-refractivity contribution in [2.75, 3.05) is 7.11 Å². The summed E-state index contributed by atoms with van der Waals surface area (Å²) in [6.07, 6.45) is 0.948. The molecule has 88 valence electrons. The van der Waals surface area contributed by atoms with Crippen LogP contribution >= 0.6 is 0 Å². The first kappa shape index (κ1) is 11.5. The second kappa shape index (κ2) is 4.49. The van der Waals surface area contributed by atoms with E-state index in [1.54, 1.807) is 18.2 Å². The van der Waals surface area contributed by atoms with Crippen molar-refractivity contribution in [2.24, 2.45) is 4.99 Å². The van der Waals surface area contributed by atoms with Crippen LogP contribution in [0.3, 0.4) is 0 Å². The van der Waals surface area contributed by atoms with Crippen molar-refractivity contribution in [3.05, 3.63) is 29.3 Å². The Bertz CT molecular complexity index is 517. The van der Waals surface area contributed by atoms with Gasteiger partial charge in [-0.2, -0.15) is 0 Å². The average molecular weight is 231 g/mol. The molecule has 0 unspecified atom stereocenters. The number of hydrogen-bond donors (Lipinski definition) is 0. The van der Waals surface area contributed by atoms with Gasteiger partial charge < -0.3 is 4.74 Å². The number of fused-ring (bicyclic) bond motifs is 1. The van der Waals surface area contributed by atoms with E-state index in [-0.39, 0.29) is 5.78 Å².